The van der Waals surface area contributed by atoms with Crippen LogP contribution in [0.25, 0.3) is 0 Å². The number of amides is 2. The van der Waals surface area contributed by atoms with E-state index in [1.807, 2.05) is 4.90 Å². The van der Waals surface area contributed by atoms with E-state index in [2.05, 4.69) is 0 Å². The van der Waals surface area contributed by atoms with Gasteiger partial charge in [0.1, 0.15) is 0 Å². The zero-order valence-electron chi connectivity index (χ0n) is 11.1. The third kappa shape index (κ3) is 3.03. The highest BCUT2D eigenvalue weighted by atomic mass is 35.5. The molecular formula is C13H22ClN3O2. The second kappa shape index (κ2) is 5.67. The van der Waals surface area contributed by atoms with Crippen LogP contribution in [-0.4, -0.2) is 53.3 Å². The quantitative estimate of drug-likeness (QED) is 0.798. The molecule has 0 aromatic carbocycles. The lowest BCUT2D eigenvalue weighted by Gasteiger charge is -2.35. The summed E-state index contributed by atoms with van der Waals surface area (Å²) in [6.45, 7) is 1.70. The minimum atomic E-state index is 0. The Kier molecular flexibility index (Phi) is 4.36. The highest BCUT2D eigenvalue weighted by molar-refractivity contribution is 5.87. The number of carbonyl (C=O) groups excluding carboxylic acids is 2. The van der Waals surface area contributed by atoms with Crippen LogP contribution in [0.3, 0.4) is 0 Å². The van der Waals surface area contributed by atoms with Crippen LogP contribution < -0.4 is 5.73 Å². The number of halogens is 1. The highest BCUT2D eigenvalue weighted by Gasteiger charge is 2.39. The summed E-state index contributed by atoms with van der Waals surface area (Å²) in [7, 11) is 0. The summed E-state index contributed by atoms with van der Waals surface area (Å²) in [5.41, 5.74) is 5.84. The third-order valence-electron chi connectivity index (χ3n) is 4.38. The fourth-order valence-corrected chi connectivity index (χ4v) is 3.15. The van der Waals surface area contributed by atoms with Crippen molar-refractivity contribution in [3.8, 4) is 0 Å². The van der Waals surface area contributed by atoms with E-state index in [4.69, 9.17) is 5.73 Å². The molecule has 1 heterocycles. The maximum Gasteiger partial charge on any atom is 0.242 e. The van der Waals surface area contributed by atoms with E-state index in [1.54, 1.807) is 4.90 Å². The van der Waals surface area contributed by atoms with E-state index in [0.717, 1.165) is 32.1 Å². The lowest BCUT2D eigenvalue weighted by atomic mass is 10.1. The van der Waals surface area contributed by atoms with Crippen molar-refractivity contribution >= 4 is 24.2 Å². The maximum atomic E-state index is 12.3. The number of piperazine rings is 1. The Morgan fingerprint density at radius 2 is 1.89 bits per heavy atom. The minimum Gasteiger partial charge on any atom is -0.336 e. The van der Waals surface area contributed by atoms with Gasteiger partial charge in [0.25, 0.3) is 0 Å². The lowest BCUT2D eigenvalue weighted by molar-refractivity contribution is -0.147. The van der Waals surface area contributed by atoms with Gasteiger partial charge in [0.05, 0.1) is 6.54 Å². The van der Waals surface area contributed by atoms with Gasteiger partial charge in [-0.15, -0.1) is 12.4 Å². The van der Waals surface area contributed by atoms with E-state index < -0.39 is 0 Å². The molecule has 2 unspecified atom stereocenters. The van der Waals surface area contributed by atoms with Crippen LogP contribution in [0.5, 0.6) is 0 Å². The number of nitrogens with zero attached hydrogens (tertiary/aromatic N) is 2. The van der Waals surface area contributed by atoms with E-state index in [9.17, 15) is 9.59 Å². The molecule has 2 N–H and O–H groups in total. The predicted octanol–water partition coefficient (Wildman–Crippen LogP) is 0.369. The molecule has 6 heteroatoms. The molecule has 0 aromatic heterocycles. The molecule has 3 fully saturated rings. The van der Waals surface area contributed by atoms with Gasteiger partial charge in [-0.1, -0.05) is 0 Å². The summed E-state index contributed by atoms with van der Waals surface area (Å²) in [6, 6.07) is 0.636. The Morgan fingerprint density at radius 1 is 1.16 bits per heavy atom. The Hall–Kier alpha value is -0.810. The normalized spacial score (nSPS) is 31.3. The third-order valence-corrected chi connectivity index (χ3v) is 4.38. The number of hydrogen-bond donors (Lipinski definition) is 1. The van der Waals surface area contributed by atoms with Crippen molar-refractivity contribution in [2.45, 2.75) is 44.2 Å². The number of carbonyl (C=O) groups is 2. The van der Waals surface area contributed by atoms with Crippen LogP contribution in [0.1, 0.15) is 32.1 Å². The van der Waals surface area contributed by atoms with Gasteiger partial charge in [-0.25, -0.2) is 0 Å². The topological polar surface area (TPSA) is 66.6 Å². The largest absolute Gasteiger partial charge is 0.336 e. The molecule has 0 aromatic rings. The zero-order valence-corrected chi connectivity index (χ0v) is 11.9. The van der Waals surface area contributed by atoms with Gasteiger partial charge in [0.2, 0.25) is 11.8 Å². The summed E-state index contributed by atoms with van der Waals surface area (Å²) in [4.78, 5) is 27.9. The molecule has 2 saturated carbocycles. The van der Waals surface area contributed by atoms with Gasteiger partial charge in [-0.3, -0.25) is 9.59 Å². The molecule has 0 bridgehead atoms. The smallest absolute Gasteiger partial charge is 0.242 e. The summed E-state index contributed by atoms with van der Waals surface area (Å²) in [5, 5.41) is 0. The zero-order chi connectivity index (χ0) is 12.7. The van der Waals surface area contributed by atoms with Crippen molar-refractivity contribution in [1.82, 2.24) is 9.80 Å². The first-order valence-electron chi connectivity index (χ1n) is 6.99. The number of hydrogen-bond acceptors (Lipinski definition) is 3. The summed E-state index contributed by atoms with van der Waals surface area (Å²) < 4.78 is 0. The second-order valence-electron chi connectivity index (χ2n) is 5.85. The molecule has 5 nitrogen and oxygen atoms in total. The van der Waals surface area contributed by atoms with Gasteiger partial charge >= 0.3 is 0 Å². The van der Waals surface area contributed by atoms with Crippen LogP contribution in [0, 0.1) is 5.92 Å². The monoisotopic (exact) mass is 287 g/mol. The van der Waals surface area contributed by atoms with E-state index in [-0.39, 0.29) is 42.7 Å². The molecule has 3 rings (SSSR count). The first kappa shape index (κ1) is 14.6. The Morgan fingerprint density at radius 3 is 2.42 bits per heavy atom. The SMILES string of the molecule is Cl.NC1CCC(C(=O)N2CCN(C3CC3)C(=O)C2)C1. The van der Waals surface area contributed by atoms with Gasteiger partial charge in [-0.2, -0.15) is 0 Å². The second-order valence-corrected chi connectivity index (χ2v) is 5.85. The molecule has 3 aliphatic rings. The van der Waals surface area contributed by atoms with Gasteiger partial charge in [0.15, 0.2) is 0 Å². The van der Waals surface area contributed by atoms with Crippen molar-refractivity contribution in [1.29, 1.82) is 0 Å². The maximum absolute atomic E-state index is 12.3. The van der Waals surface area contributed by atoms with Gasteiger partial charge < -0.3 is 15.5 Å². The Bertz CT molecular complexity index is 373. The van der Waals surface area contributed by atoms with Crippen molar-refractivity contribution in [3.63, 3.8) is 0 Å². The average Bonchev–Trinajstić information content (AvgIpc) is 3.10. The molecule has 1 saturated heterocycles. The van der Waals surface area contributed by atoms with Crippen molar-refractivity contribution in [3.05, 3.63) is 0 Å². The van der Waals surface area contributed by atoms with Crippen LogP contribution in [0.4, 0.5) is 0 Å². The average molecular weight is 288 g/mol. The van der Waals surface area contributed by atoms with Crippen LogP contribution in [-0.2, 0) is 9.59 Å². The molecular weight excluding hydrogens is 266 g/mol. The van der Waals surface area contributed by atoms with Crippen LogP contribution >= 0.6 is 12.4 Å². The highest BCUT2D eigenvalue weighted by Crippen LogP contribution is 2.30. The van der Waals surface area contributed by atoms with Crippen molar-refractivity contribution in [2.75, 3.05) is 19.6 Å². The lowest BCUT2D eigenvalue weighted by Crippen LogP contribution is -2.54. The molecule has 2 atom stereocenters. The Labute approximate surface area is 119 Å². The van der Waals surface area contributed by atoms with E-state index in [0.29, 0.717) is 19.1 Å². The molecule has 1 aliphatic heterocycles. The van der Waals surface area contributed by atoms with Gasteiger partial charge in [-0.05, 0) is 32.1 Å². The standard InChI is InChI=1S/C13H21N3O2.ClH/c14-10-2-1-9(7-10)13(18)15-5-6-16(11-3-4-11)12(17)8-15;/h9-11H,1-8,14H2;1H. The molecule has 19 heavy (non-hydrogen) atoms. The van der Waals surface area contributed by atoms with Crippen LogP contribution in [0.2, 0.25) is 0 Å². The van der Waals surface area contributed by atoms with Crippen LogP contribution in [0.15, 0.2) is 0 Å². The first-order valence-corrected chi connectivity index (χ1v) is 6.99. The van der Waals surface area contributed by atoms with Gasteiger partial charge in [0, 0.05) is 31.1 Å². The van der Waals surface area contributed by atoms with Crippen molar-refractivity contribution < 1.29 is 9.59 Å². The first-order chi connectivity index (χ1) is 8.65. The summed E-state index contributed by atoms with van der Waals surface area (Å²) in [6.07, 6.45) is 4.88. The fourth-order valence-electron chi connectivity index (χ4n) is 3.15. The van der Waals surface area contributed by atoms with E-state index in [1.165, 1.54) is 0 Å². The molecule has 0 radical (unpaired) electrons. The minimum absolute atomic E-state index is 0. The summed E-state index contributed by atoms with van der Waals surface area (Å²) in [5.74, 6) is 0.325. The van der Waals surface area contributed by atoms with E-state index >= 15 is 0 Å². The van der Waals surface area contributed by atoms with Crippen molar-refractivity contribution in [2.24, 2.45) is 11.7 Å². The fraction of sp³-hybridized carbons (Fsp3) is 0.846. The molecule has 2 aliphatic carbocycles. The molecule has 108 valence electrons. The predicted molar refractivity (Wildman–Crippen MR) is 73.9 cm³/mol. The number of nitrogens with two attached hydrogens (primary N) is 1. The molecule has 0 spiro atoms. The molecule has 2 amide bonds. The Balaban J connectivity index is 0.00000133. The summed E-state index contributed by atoms with van der Waals surface area (Å²) >= 11 is 0. The number of rotatable bonds is 2.